The Hall–Kier alpha value is -1.82. The average molecular weight is 472 g/mol. The van der Waals surface area contributed by atoms with Crippen molar-refractivity contribution in [1.82, 2.24) is 15.6 Å². The predicted octanol–water partition coefficient (Wildman–Crippen LogP) is 1.08. The normalized spacial score (nSPS) is 22.5. The van der Waals surface area contributed by atoms with Gasteiger partial charge in [0.25, 0.3) is 0 Å². The van der Waals surface area contributed by atoms with Crippen LogP contribution in [0.1, 0.15) is 46.0 Å². The van der Waals surface area contributed by atoms with E-state index < -0.39 is 0 Å². The van der Waals surface area contributed by atoms with E-state index in [9.17, 15) is 9.59 Å². The van der Waals surface area contributed by atoms with Gasteiger partial charge in [-0.25, -0.2) is 0 Å². The molecule has 2 aliphatic rings. The van der Waals surface area contributed by atoms with E-state index in [0.29, 0.717) is 59.3 Å². The van der Waals surface area contributed by atoms with Crippen LogP contribution >= 0.6 is 0 Å². The Balaban J connectivity index is 1.57. The van der Waals surface area contributed by atoms with Gasteiger partial charge in [0.1, 0.15) is 12.6 Å². The molecule has 1 aliphatic carbocycles. The number of fused-ring (bicyclic) bond motifs is 1. The van der Waals surface area contributed by atoms with E-state index in [-0.39, 0.29) is 36.6 Å². The summed E-state index contributed by atoms with van der Waals surface area (Å²) in [5.41, 5.74) is 0. The molecular formula is C22H41N5O6. The van der Waals surface area contributed by atoms with Gasteiger partial charge in [0.2, 0.25) is 11.8 Å². The lowest BCUT2D eigenvalue weighted by molar-refractivity contribution is -0.128. The fourth-order valence-electron chi connectivity index (χ4n) is 3.96. The van der Waals surface area contributed by atoms with Crippen LogP contribution in [0, 0.1) is 0 Å². The number of rotatable bonds is 16. The van der Waals surface area contributed by atoms with Gasteiger partial charge in [-0.05, 0) is 19.8 Å². The summed E-state index contributed by atoms with van der Waals surface area (Å²) < 4.78 is 22.5. The third-order valence-corrected chi connectivity index (χ3v) is 5.58. The Morgan fingerprint density at radius 2 is 1.64 bits per heavy atom. The highest BCUT2D eigenvalue weighted by molar-refractivity contribution is 5.77. The van der Waals surface area contributed by atoms with E-state index in [4.69, 9.17) is 18.9 Å². The third kappa shape index (κ3) is 11.2. The highest BCUT2D eigenvalue weighted by atomic mass is 16.5. The molecule has 1 heterocycles. The summed E-state index contributed by atoms with van der Waals surface area (Å²) in [4.78, 5) is 22.5. The standard InChI is InChI=1S/C22H41N5O6/c1-3-23-21(29)17-33-20-8-6-4-5-7-19-22(20)25-26-27(19)10-12-31-14-16-32-15-13-30-11-9-24-18(2)28/h19-20,22H,3-17H2,1-2H3,(H,23,29)(H,24,28). The smallest absolute Gasteiger partial charge is 0.246 e. The van der Waals surface area contributed by atoms with Crippen molar-refractivity contribution in [1.29, 1.82) is 0 Å². The summed E-state index contributed by atoms with van der Waals surface area (Å²) in [6, 6.07) is 0.160. The molecule has 3 atom stereocenters. The van der Waals surface area contributed by atoms with Crippen molar-refractivity contribution >= 4 is 11.8 Å². The number of ether oxygens (including phenoxy) is 4. The Morgan fingerprint density at radius 1 is 0.939 bits per heavy atom. The molecule has 0 aromatic heterocycles. The van der Waals surface area contributed by atoms with E-state index in [0.717, 1.165) is 32.1 Å². The van der Waals surface area contributed by atoms with Crippen molar-refractivity contribution in [3.05, 3.63) is 0 Å². The van der Waals surface area contributed by atoms with Gasteiger partial charge in [-0.3, -0.25) is 14.6 Å². The topological polar surface area (TPSA) is 123 Å². The van der Waals surface area contributed by atoms with Crippen LogP contribution in [-0.4, -0.2) is 101 Å². The number of hydrogen-bond acceptors (Lipinski definition) is 9. The van der Waals surface area contributed by atoms with Gasteiger partial charge < -0.3 is 29.6 Å². The van der Waals surface area contributed by atoms with Crippen LogP contribution in [0.15, 0.2) is 10.3 Å². The molecule has 0 bridgehead atoms. The summed E-state index contributed by atoms with van der Waals surface area (Å²) in [7, 11) is 0. The lowest BCUT2D eigenvalue weighted by atomic mass is 9.90. The van der Waals surface area contributed by atoms with Gasteiger partial charge in [-0.2, -0.15) is 5.11 Å². The summed E-state index contributed by atoms with van der Waals surface area (Å²) in [6.07, 6.45) is 5.22. The van der Waals surface area contributed by atoms with Gasteiger partial charge in [0, 0.05) is 20.0 Å². The average Bonchev–Trinajstić information content (AvgIpc) is 3.16. The van der Waals surface area contributed by atoms with Crippen LogP contribution in [0.5, 0.6) is 0 Å². The van der Waals surface area contributed by atoms with Crippen molar-refractivity contribution < 1.29 is 28.5 Å². The molecule has 11 nitrogen and oxygen atoms in total. The second-order valence-electron chi connectivity index (χ2n) is 8.19. The second-order valence-corrected chi connectivity index (χ2v) is 8.19. The molecule has 11 heteroatoms. The summed E-state index contributed by atoms with van der Waals surface area (Å²) >= 11 is 0. The zero-order valence-corrected chi connectivity index (χ0v) is 20.1. The number of amides is 2. The number of nitrogens with one attached hydrogen (secondary N) is 2. The summed E-state index contributed by atoms with van der Waals surface area (Å²) in [5.74, 6) is -0.146. The molecule has 2 amide bonds. The minimum absolute atomic E-state index is 0.0336. The molecule has 1 aliphatic heterocycles. The molecule has 0 spiro atoms. The SMILES string of the molecule is CCNC(=O)COC1CCCCCC2C1N=NN2CCOCCOCCOCCNC(C)=O. The molecule has 1 saturated carbocycles. The van der Waals surface area contributed by atoms with E-state index in [2.05, 4.69) is 21.0 Å². The van der Waals surface area contributed by atoms with Gasteiger partial charge in [-0.1, -0.05) is 24.5 Å². The minimum Gasteiger partial charge on any atom is -0.377 e. The van der Waals surface area contributed by atoms with Crippen LogP contribution in [0.2, 0.25) is 0 Å². The number of likely N-dealkylation sites (N-methyl/N-ethyl adjacent to an activating group) is 1. The summed E-state index contributed by atoms with van der Waals surface area (Å²) in [6.45, 7) is 8.22. The Bertz CT molecular complexity index is 594. The molecule has 0 aromatic carbocycles. The zero-order chi connectivity index (χ0) is 23.7. The van der Waals surface area contributed by atoms with Crippen LogP contribution in [0.4, 0.5) is 0 Å². The molecule has 2 N–H and O–H groups in total. The molecule has 0 saturated heterocycles. The van der Waals surface area contributed by atoms with Gasteiger partial charge in [0.15, 0.2) is 0 Å². The molecule has 33 heavy (non-hydrogen) atoms. The lowest BCUT2D eigenvalue weighted by Crippen LogP contribution is -2.45. The van der Waals surface area contributed by atoms with Crippen LogP contribution in [0.25, 0.3) is 0 Å². The van der Waals surface area contributed by atoms with Crippen molar-refractivity contribution in [3.63, 3.8) is 0 Å². The first-order valence-electron chi connectivity index (χ1n) is 12.1. The molecule has 3 unspecified atom stereocenters. The largest absolute Gasteiger partial charge is 0.377 e. The molecular weight excluding hydrogens is 430 g/mol. The highest BCUT2D eigenvalue weighted by Crippen LogP contribution is 2.30. The lowest BCUT2D eigenvalue weighted by Gasteiger charge is -2.32. The van der Waals surface area contributed by atoms with Crippen molar-refractivity contribution in [2.75, 3.05) is 65.9 Å². The van der Waals surface area contributed by atoms with E-state index in [1.165, 1.54) is 6.92 Å². The Labute approximate surface area is 196 Å². The molecule has 0 aromatic rings. The first-order valence-corrected chi connectivity index (χ1v) is 12.1. The fourth-order valence-corrected chi connectivity index (χ4v) is 3.96. The number of carbonyl (C=O) groups is 2. The van der Waals surface area contributed by atoms with Gasteiger partial charge in [0.05, 0.1) is 58.3 Å². The molecule has 0 radical (unpaired) electrons. The number of hydrogen-bond donors (Lipinski definition) is 2. The van der Waals surface area contributed by atoms with Crippen LogP contribution < -0.4 is 10.6 Å². The maximum absolute atomic E-state index is 11.8. The Morgan fingerprint density at radius 3 is 2.36 bits per heavy atom. The molecule has 190 valence electrons. The highest BCUT2D eigenvalue weighted by Gasteiger charge is 2.39. The molecule has 2 rings (SSSR count). The summed E-state index contributed by atoms with van der Waals surface area (Å²) in [5, 5.41) is 16.4. The van der Waals surface area contributed by atoms with Gasteiger partial charge >= 0.3 is 0 Å². The fraction of sp³-hybridized carbons (Fsp3) is 0.909. The number of nitrogens with zero attached hydrogens (tertiary/aromatic N) is 3. The first kappa shape index (κ1) is 27.4. The van der Waals surface area contributed by atoms with E-state index in [1.807, 2.05) is 11.9 Å². The second kappa shape index (κ2) is 16.7. The maximum atomic E-state index is 11.8. The predicted molar refractivity (Wildman–Crippen MR) is 122 cm³/mol. The van der Waals surface area contributed by atoms with E-state index in [1.54, 1.807) is 0 Å². The Kier molecular flexibility index (Phi) is 13.9. The van der Waals surface area contributed by atoms with Crippen LogP contribution in [-0.2, 0) is 28.5 Å². The van der Waals surface area contributed by atoms with Gasteiger partial charge in [-0.15, -0.1) is 0 Å². The molecule has 1 fully saturated rings. The zero-order valence-electron chi connectivity index (χ0n) is 20.1. The minimum atomic E-state index is -0.0879. The first-order chi connectivity index (χ1) is 16.1. The maximum Gasteiger partial charge on any atom is 0.246 e. The van der Waals surface area contributed by atoms with Crippen molar-refractivity contribution in [2.24, 2.45) is 10.3 Å². The van der Waals surface area contributed by atoms with E-state index >= 15 is 0 Å². The number of carbonyl (C=O) groups excluding carboxylic acids is 2. The monoisotopic (exact) mass is 471 g/mol. The van der Waals surface area contributed by atoms with Crippen molar-refractivity contribution in [3.8, 4) is 0 Å². The van der Waals surface area contributed by atoms with Crippen molar-refractivity contribution in [2.45, 2.75) is 64.1 Å². The van der Waals surface area contributed by atoms with Crippen LogP contribution in [0.3, 0.4) is 0 Å². The quantitative estimate of drug-likeness (QED) is 0.323. The third-order valence-electron chi connectivity index (χ3n) is 5.58.